The lowest BCUT2D eigenvalue weighted by Crippen LogP contribution is -2.32. The molecule has 1 unspecified atom stereocenters. The zero-order valence-corrected chi connectivity index (χ0v) is 23.6. The van der Waals surface area contributed by atoms with E-state index in [1.807, 2.05) is 17.3 Å². The maximum Gasteiger partial charge on any atom is 0.508 e. The Balaban J connectivity index is 2.37. The number of hydrogen-bond acceptors (Lipinski definition) is 11. The number of nitrogens with zero attached hydrogens (tertiary/aromatic N) is 2. The molecule has 0 aliphatic carbocycles. The molecule has 0 N–H and O–H groups in total. The Morgan fingerprint density at radius 1 is 0.769 bits per heavy atom. The normalized spacial score (nSPS) is 13.0. The van der Waals surface area contributed by atoms with Crippen molar-refractivity contribution in [2.24, 2.45) is 0 Å². The van der Waals surface area contributed by atoms with Gasteiger partial charge in [0.2, 0.25) is 0 Å². The lowest BCUT2D eigenvalue weighted by Gasteiger charge is -2.21. The molecule has 0 aromatic rings. The van der Waals surface area contributed by atoms with Crippen molar-refractivity contribution in [1.82, 2.24) is 9.80 Å². The van der Waals surface area contributed by atoms with Crippen LogP contribution >= 0.6 is 0 Å². The molecule has 0 spiro atoms. The van der Waals surface area contributed by atoms with E-state index < -0.39 is 30.2 Å². The second-order valence-corrected chi connectivity index (χ2v) is 9.40. The molecule has 11 nitrogen and oxygen atoms in total. The zero-order chi connectivity index (χ0) is 29.0. The van der Waals surface area contributed by atoms with Crippen molar-refractivity contribution < 1.29 is 42.9 Å². The highest BCUT2D eigenvalue weighted by molar-refractivity contribution is 5.87. The third-order valence-electron chi connectivity index (χ3n) is 5.58. The van der Waals surface area contributed by atoms with E-state index in [-0.39, 0.29) is 44.0 Å². The van der Waals surface area contributed by atoms with Crippen LogP contribution in [-0.4, -0.2) is 86.2 Å². The molecular formula is C28H44N2O9. The van der Waals surface area contributed by atoms with E-state index in [2.05, 4.69) is 25.0 Å². The van der Waals surface area contributed by atoms with Crippen molar-refractivity contribution in [3.05, 3.63) is 36.7 Å². The van der Waals surface area contributed by atoms with Crippen LogP contribution in [0.5, 0.6) is 0 Å². The van der Waals surface area contributed by atoms with Crippen LogP contribution in [-0.2, 0) is 38.1 Å². The summed E-state index contributed by atoms with van der Waals surface area (Å²) in [6.45, 7) is 13.2. The van der Waals surface area contributed by atoms with Gasteiger partial charge in [-0.3, -0.25) is 4.79 Å². The van der Waals surface area contributed by atoms with Gasteiger partial charge in [0, 0.05) is 36.6 Å². The molecule has 0 radical (unpaired) electrons. The number of ether oxygens (including phenoxy) is 5. The van der Waals surface area contributed by atoms with Gasteiger partial charge in [0.05, 0.1) is 13.1 Å². The molecule has 1 aliphatic heterocycles. The maximum atomic E-state index is 12.3. The van der Waals surface area contributed by atoms with Crippen LogP contribution in [0.2, 0.25) is 0 Å². The summed E-state index contributed by atoms with van der Waals surface area (Å²) in [4.78, 5) is 51.6. The smallest absolute Gasteiger partial charge is 0.462 e. The molecule has 0 bridgehead atoms. The van der Waals surface area contributed by atoms with Crippen LogP contribution in [0, 0.1) is 0 Å². The van der Waals surface area contributed by atoms with Crippen LogP contribution in [0.3, 0.4) is 0 Å². The van der Waals surface area contributed by atoms with E-state index in [4.69, 9.17) is 23.7 Å². The molecule has 11 heteroatoms. The van der Waals surface area contributed by atoms with E-state index in [1.165, 1.54) is 46.0 Å². The molecule has 1 aliphatic rings. The van der Waals surface area contributed by atoms with Gasteiger partial charge in [0.1, 0.15) is 26.4 Å². The lowest BCUT2D eigenvalue weighted by atomic mass is 10.1. The minimum Gasteiger partial charge on any atom is -0.462 e. The summed E-state index contributed by atoms with van der Waals surface area (Å²) in [7, 11) is 0. The Hall–Kier alpha value is -3.50. The summed E-state index contributed by atoms with van der Waals surface area (Å²) < 4.78 is 25.1. The first-order chi connectivity index (χ1) is 18.6. The quantitative estimate of drug-likeness (QED) is 0.0940. The van der Waals surface area contributed by atoms with Gasteiger partial charge < -0.3 is 33.5 Å². The number of carbonyl (C=O) groups excluding carboxylic acids is 4. The Labute approximate surface area is 231 Å². The first-order valence-electron chi connectivity index (χ1n) is 13.4. The van der Waals surface area contributed by atoms with Crippen LogP contribution in [0.4, 0.5) is 4.79 Å². The first-order valence-corrected chi connectivity index (χ1v) is 13.4. The van der Waals surface area contributed by atoms with Crippen molar-refractivity contribution in [3.8, 4) is 0 Å². The Morgan fingerprint density at radius 3 is 2.00 bits per heavy atom. The third-order valence-corrected chi connectivity index (χ3v) is 5.58. The average Bonchev–Trinajstić information content (AvgIpc) is 3.36. The molecule has 0 aromatic heterocycles. The van der Waals surface area contributed by atoms with Gasteiger partial charge in [-0.05, 0) is 20.3 Å². The largest absolute Gasteiger partial charge is 0.508 e. The van der Waals surface area contributed by atoms with Crippen molar-refractivity contribution in [2.45, 2.75) is 71.8 Å². The standard InChI is InChI=1S/C28H44N2O9/c1-6-7-8-9-10-11-13-29-15-16-30(21-29)14-12-25(31)37-19-24(20-38-27(33)23(4)5)39-28(34)36-18-17-35-26(32)22(2)3/h15-16,24H,2,4,6-14,17-21H2,1,3,5H3. The highest BCUT2D eigenvalue weighted by atomic mass is 16.7. The number of rotatable bonds is 20. The zero-order valence-electron chi connectivity index (χ0n) is 23.6. The van der Waals surface area contributed by atoms with Gasteiger partial charge in [0.15, 0.2) is 6.10 Å². The molecule has 1 rings (SSSR count). The van der Waals surface area contributed by atoms with Crippen LogP contribution in [0.15, 0.2) is 36.7 Å². The fourth-order valence-corrected chi connectivity index (χ4v) is 3.36. The minimum atomic E-state index is -1.10. The van der Waals surface area contributed by atoms with Gasteiger partial charge in [-0.1, -0.05) is 52.2 Å². The fourth-order valence-electron chi connectivity index (χ4n) is 3.36. The average molecular weight is 553 g/mol. The summed E-state index contributed by atoms with van der Waals surface area (Å²) in [5.74, 6) is -1.78. The highest BCUT2D eigenvalue weighted by Gasteiger charge is 2.21. The number of esters is 3. The lowest BCUT2D eigenvalue weighted by molar-refractivity contribution is -0.151. The maximum absolute atomic E-state index is 12.3. The molecule has 0 saturated carbocycles. The summed E-state index contributed by atoms with van der Waals surface area (Å²) in [6.07, 6.45) is 9.37. The van der Waals surface area contributed by atoms with Gasteiger partial charge in [-0.25, -0.2) is 14.4 Å². The second kappa shape index (κ2) is 19.6. The van der Waals surface area contributed by atoms with Crippen LogP contribution in [0.1, 0.15) is 65.7 Å². The number of hydrogen-bond donors (Lipinski definition) is 0. The van der Waals surface area contributed by atoms with E-state index in [0.717, 1.165) is 19.6 Å². The minimum absolute atomic E-state index is 0.131. The van der Waals surface area contributed by atoms with Gasteiger partial charge in [0.25, 0.3) is 0 Å². The molecule has 0 fully saturated rings. The van der Waals surface area contributed by atoms with E-state index in [9.17, 15) is 19.2 Å². The van der Waals surface area contributed by atoms with E-state index in [0.29, 0.717) is 6.54 Å². The Kier molecular flexibility index (Phi) is 16.8. The molecule has 220 valence electrons. The topological polar surface area (TPSA) is 121 Å². The molecule has 1 atom stereocenters. The second-order valence-electron chi connectivity index (χ2n) is 9.40. The monoisotopic (exact) mass is 552 g/mol. The Bertz CT molecular complexity index is 856. The van der Waals surface area contributed by atoms with Crippen molar-refractivity contribution in [3.63, 3.8) is 0 Å². The summed E-state index contributed by atoms with van der Waals surface area (Å²) in [5.41, 5.74) is 0.377. The van der Waals surface area contributed by atoms with E-state index >= 15 is 0 Å². The van der Waals surface area contributed by atoms with Crippen LogP contribution in [0.25, 0.3) is 0 Å². The first kappa shape index (κ1) is 33.5. The summed E-state index contributed by atoms with van der Waals surface area (Å²) in [6, 6.07) is 0. The molecule has 0 aromatic carbocycles. The van der Waals surface area contributed by atoms with Crippen molar-refractivity contribution in [2.75, 3.05) is 46.2 Å². The Morgan fingerprint density at radius 2 is 1.33 bits per heavy atom. The van der Waals surface area contributed by atoms with Gasteiger partial charge >= 0.3 is 24.1 Å². The van der Waals surface area contributed by atoms with Crippen molar-refractivity contribution >= 4 is 24.1 Å². The molecule has 39 heavy (non-hydrogen) atoms. The predicted octanol–water partition coefficient (Wildman–Crippen LogP) is 4.09. The third kappa shape index (κ3) is 16.2. The van der Waals surface area contributed by atoms with E-state index in [1.54, 1.807) is 0 Å². The molecular weight excluding hydrogens is 508 g/mol. The number of unbranched alkanes of at least 4 members (excludes halogenated alkanes) is 5. The van der Waals surface area contributed by atoms with Gasteiger partial charge in [-0.15, -0.1) is 0 Å². The highest BCUT2D eigenvalue weighted by Crippen LogP contribution is 2.11. The molecule has 0 saturated heterocycles. The fraction of sp³-hybridized carbons (Fsp3) is 0.643. The molecule has 1 heterocycles. The van der Waals surface area contributed by atoms with Gasteiger partial charge in [-0.2, -0.15) is 0 Å². The van der Waals surface area contributed by atoms with Crippen molar-refractivity contribution in [1.29, 1.82) is 0 Å². The molecule has 0 amide bonds. The summed E-state index contributed by atoms with van der Waals surface area (Å²) in [5, 5.41) is 0. The summed E-state index contributed by atoms with van der Waals surface area (Å²) >= 11 is 0. The predicted molar refractivity (Wildman–Crippen MR) is 144 cm³/mol. The van der Waals surface area contributed by atoms with Crippen LogP contribution < -0.4 is 0 Å². The number of carbonyl (C=O) groups is 4. The SMILES string of the molecule is C=C(C)C(=O)OCCOC(=O)OC(COC(=O)CCN1C=CN(CCCCCCCC)C1)COC(=O)C(=C)C.